The first kappa shape index (κ1) is 61.3. The molecule has 3 aliphatic heterocycles. The van der Waals surface area contributed by atoms with E-state index >= 15 is 0 Å². The summed E-state index contributed by atoms with van der Waals surface area (Å²) in [6.45, 7) is 6.90. The molecule has 5 unspecified atom stereocenters. The number of ether oxygens (including phenoxy) is 4. The molecule has 19 atom stereocenters. The van der Waals surface area contributed by atoms with Crippen molar-refractivity contribution in [2.75, 3.05) is 0 Å². The largest absolute Gasteiger partial charge is 0.481 e. The van der Waals surface area contributed by atoms with E-state index in [4.69, 9.17) is 18.9 Å². The van der Waals surface area contributed by atoms with Gasteiger partial charge >= 0.3 is 11.9 Å². The van der Waals surface area contributed by atoms with Gasteiger partial charge in [0.2, 0.25) is 0 Å². The van der Waals surface area contributed by atoms with Gasteiger partial charge in [0.1, 0.15) is 23.9 Å². The molecule has 0 amide bonds. The number of aliphatic hydroxyl groups is 10. The normalized spacial score (nSPS) is 41.8. The summed E-state index contributed by atoms with van der Waals surface area (Å²) in [5.74, 6) is -7.38. The zero-order valence-electron chi connectivity index (χ0n) is 41.9. The molecule has 2 saturated heterocycles. The molecule has 73 heavy (non-hydrogen) atoms. The number of carbonyl (C=O) groups excluding carboxylic acids is 1. The van der Waals surface area contributed by atoms with Crippen LogP contribution in [0.1, 0.15) is 84.6 Å². The van der Waals surface area contributed by atoms with Crippen molar-refractivity contribution >= 4 is 11.9 Å². The number of allylic oxidation sites excluding steroid dienone is 12. The lowest BCUT2D eigenvalue weighted by Gasteiger charge is -2.45. The van der Waals surface area contributed by atoms with Crippen LogP contribution >= 0.6 is 0 Å². The van der Waals surface area contributed by atoms with Crippen LogP contribution in [0.4, 0.5) is 4.39 Å². The van der Waals surface area contributed by atoms with Gasteiger partial charge in [-0.3, -0.25) is 9.59 Å². The quantitative estimate of drug-likeness (QED) is 0.182. The lowest BCUT2D eigenvalue weighted by molar-refractivity contribution is -0.309. The van der Waals surface area contributed by atoms with Gasteiger partial charge in [-0.2, -0.15) is 0 Å². The number of aliphatic hydroxyl groups excluding tert-OH is 9. The van der Waals surface area contributed by atoms with E-state index in [0.29, 0.717) is 5.56 Å². The Morgan fingerprint density at radius 1 is 0.685 bits per heavy atom. The molecule has 2 fully saturated rings. The van der Waals surface area contributed by atoms with E-state index < -0.39 is 153 Å². The van der Waals surface area contributed by atoms with Crippen LogP contribution in [0.5, 0.6) is 0 Å². The molecule has 4 rings (SSSR count). The summed E-state index contributed by atoms with van der Waals surface area (Å²) in [5.41, 5.74) is 0.663. The molecule has 0 aliphatic carbocycles. The molecule has 0 radical (unpaired) electrons. The molecule has 2 bridgehead atoms. The molecule has 0 aromatic heterocycles. The highest BCUT2D eigenvalue weighted by molar-refractivity contribution is 5.71. The standard InChI is InChI=1S/C54H78FNO17/c1-32-17-15-13-11-9-7-5-6-8-10-12-14-16-18-41(72-53-51(66)48(50(65)35(4)71-53)56-31-36-19-21-37(55)22-20-36)28-45-47(52(67)68)44(62)30-54(69,73-45)29-40(59)26-43(61)42(60)24-23-38(57)25-39(58)27-46(63)70-34(3)33(2)49(32)64/h5-22,32-35,38-45,47-51,53,56-62,64-66,69H,23-31H2,1-4H3,(H,67,68)/b6-5+,9-7+,10-8+,13-11+,14-12+,17-15+,18-16+/t32-,33-,34-,35?,38+,39+,40-,41-,42+,43+,44-,45-,47+,48?,49+,50?,51?,53?,54+/m0/s1. The molecule has 0 spiro atoms. The summed E-state index contributed by atoms with van der Waals surface area (Å²) in [5, 5.41) is 124. The Labute approximate surface area is 426 Å². The van der Waals surface area contributed by atoms with E-state index in [1.165, 1.54) is 18.2 Å². The van der Waals surface area contributed by atoms with E-state index in [9.17, 15) is 70.2 Å². The topological polar surface area (TPSA) is 306 Å². The maximum Gasteiger partial charge on any atom is 0.311 e. The molecule has 408 valence electrons. The number of carboxylic acids is 1. The summed E-state index contributed by atoms with van der Waals surface area (Å²) in [7, 11) is 0. The average Bonchev–Trinajstić information content (AvgIpc) is 3.31. The third-order valence-electron chi connectivity index (χ3n) is 13.4. The summed E-state index contributed by atoms with van der Waals surface area (Å²) in [6, 6.07) is 4.62. The van der Waals surface area contributed by atoms with Crippen molar-refractivity contribution in [3.63, 3.8) is 0 Å². The predicted octanol–water partition coefficient (Wildman–Crippen LogP) is 2.68. The Morgan fingerprint density at radius 2 is 1.27 bits per heavy atom. The van der Waals surface area contributed by atoms with E-state index in [0.717, 1.165) is 0 Å². The molecule has 12 N–H and O–H groups in total. The fourth-order valence-corrected chi connectivity index (χ4v) is 9.02. The number of halogens is 1. The Hall–Kier alpha value is -4.29. The lowest BCUT2D eigenvalue weighted by atomic mass is 9.82. The fraction of sp³-hybridized carbons (Fsp3) is 0.593. The zero-order chi connectivity index (χ0) is 53.8. The summed E-state index contributed by atoms with van der Waals surface area (Å²) in [6.07, 6.45) is 2.98. The SMILES string of the molecule is CC1OC(O[C@H]2/C=C/C=C/C=C/C=C/C=C/C=C/C=C/[C@H](C)[C@@H](O)[C@@H](C)[C@H](C)OC(=O)C[C@H](O)C[C@H](O)CC[C@@H](O)[C@H](O)C[C@H](O)C[C@]3(O)C[C@H](O)[C@@H](C(=O)O)[C@H](C2)O3)C(O)C(NCc2ccc(F)cc2)C1O. The minimum absolute atomic E-state index is 0.120. The minimum Gasteiger partial charge on any atom is -0.481 e. The first-order valence-electron chi connectivity index (χ1n) is 25.0. The number of esters is 1. The molecule has 1 aromatic rings. The monoisotopic (exact) mass is 1030 g/mol. The summed E-state index contributed by atoms with van der Waals surface area (Å²) >= 11 is 0. The van der Waals surface area contributed by atoms with Gasteiger partial charge in [0, 0.05) is 44.1 Å². The van der Waals surface area contributed by atoms with Gasteiger partial charge in [-0.1, -0.05) is 111 Å². The summed E-state index contributed by atoms with van der Waals surface area (Å²) in [4.78, 5) is 25.3. The Morgan fingerprint density at radius 3 is 1.88 bits per heavy atom. The predicted molar refractivity (Wildman–Crippen MR) is 266 cm³/mol. The van der Waals surface area contributed by atoms with Crippen molar-refractivity contribution in [1.29, 1.82) is 0 Å². The number of cyclic esters (lactones) is 1. The smallest absolute Gasteiger partial charge is 0.311 e. The van der Waals surface area contributed by atoms with Crippen LogP contribution in [0, 0.1) is 23.6 Å². The van der Waals surface area contributed by atoms with Crippen LogP contribution in [0.25, 0.3) is 0 Å². The van der Waals surface area contributed by atoms with Crippen molar-refractivity contribution in [3.05, 3.63) is 121 Å². The number of fused-ring (bicyclic) bond motifs is 2. The number of carboxylic acid groups (broad SMARTS) is 1. The second kappa shape index (κ2) is 30.3. The second-order valence-corrected chi connectivity index (χ2v) is 19.5. The maximum absolute atomic E-state index is 13.6. The van der Waals surface area contributed by atoms with Gasteiger partial charge in [0.15, 0.2) is 12.1 Å². The number of hydrogen-bond donors (Lipinski definition) is 12. The van der Waals surface area contributed by atoms with Gasteiger partial charge in [0.05, 0.1) is 79.6 Å². The van der Waals surface area contributed by atoms with Crippen molar-refractivity contribution in [1.82, 2.24) is 5.32 Å². The van der Waals surface area contributed by atoms with Crippen LogP contribution in [0.3, 0.4) is 0 Å². The number of carbonyl (C=O) groups is 2. The van der Waals surface area contributed by atoms with Crippen LogP contribution in [-0.4, -0.2) is 166 Å². The average molecular weight is 1030 g/mol. The number of aliphatic carboxylic acids is 1. The number of rotatable bonds is 6. The van der Waals surface area contributed by atoms with Crippen LogP contribution in [0.15, 0.2) is 109 Å². The number of nitrogens with one attached hydrogen (secondary N) is 1. The second-order valence-electron chi connectivity index (χ2n) is 19.5. The zero-order valence-corrected chi connectivity index (χ0v) is 41.9. The van der Waals surface area contributed by atoms with Crippen molar-refractivity contribution < 1.29 is 89.1 Å². The van der Waals surface area contributed by atoms with Gasteiger partial charge in [0.25, 0.3) is 0 Å². The highest BCUT2D eigenvalue weighted by atomic mass is 19.1. The maximum atomic E-state index is 13.6. The Bertz CT molecular complexity index is 2050. The van der Waals surface area contributed by atoms with E-state index in [2.05, 4.69) is 5.32 Å². The van der Waals surface area contributed by atoms with Crippen molar-refractivity contribution in [3.8, 4) is 0 Å². The van der Waals surface area contributed by atoms with E-state index in [-0.39, 0.29) is 38.1 Å². The molecule has 18 nitrogen and oxygen atoms in total. The summed E-state index contributed by atoms with van der Waals surface area (Å²) < 4.78 is 37.2. The molecule has 1 aromatic carbocycles. The van der Waals surface area contributed by atoms with Gasteiger partial charge in [-0.15, -0.1) is 0 Å². The number of hydrogen-bond acceptors (Lipinski definition) is 17. The van der Waals surface area contributed by atoms with Crippen molar-refractivity contribution in [2.24, 2.45) is 17.8 Å². The lowest BCUT2D eigenvalue weighted by Crippen LogP contribution is -2.63. The molecule has 3 aliphatic rings. The first-order valence-corrected chi connectivity index (χ1v) is 25.0. The van der Waals surface area contributed by atoms with Gasteiger partial charge in [-0.05, 0) is 50.8 Å². The van der Waals surface area contributed by atoms with Crippen LogP contribution in [-0.2, 0) is 35.1 Å². The molecule has 19 heteroatoms. The Kier molecular flexibility index (Phi) is 25.4. The highest BCUT2D eigenvalue weighted by Gasteiger charge is 2.51. The van der Waals surface area contributed by atoms with E-state index in [1.54, 1.807) is 106 Å². The third-order valence-corrected chi connectivity index (χ3v) is 13.4. The molecule has 0 saturated carbocycles. The highest BCUT2D eigenvalue weighted by Crippen LogP contribution is 2.38. The Balaban J connectivity index is 1.58. The van der Waals surface area contributed by atoms with E-state index in [1.807, 2.05) is 13.0 Å². The van der Waals surface area contributed by atoms with Gasteiger partial charge in [-0.25, -0.2) is 4.39 Å². The fourth-order valence-electron chi connectivity index (χ4n) is 9.02. The van der Waals surface area contributed by atoms with Crippen LogP contribution < -0.4 is 5.32 Å². The molecule has 3 heterocycles. The molecular formula is C54H78FNO17. The van der Waals surface area contributed by atoms with Gasteiger partial charge < -0.3 is 80.4 Å². The molecular weight excluding hydrogens is 954 g/mol. The third kappa shape index (κ3) is 20.4. The van der Waals surface area contributed by atoms with Crippen molar-refractivity contribution in [2.45, 2.75) is 183 Å². The minimum atomic E-state index is -2.36. The first-order chi connectivity index (χ1) is 34.6. The number of benzene rings is 1. The van der Waals surface area contributed by atoms with Crippen LogP contribution in [0.2, 0.25) is 0 Å².